The van der Waals surface area contributed by atoms with E-state index in [9.17, 15) is 9.59 Å². The monoisotopic (exact) mass is 401 g/mol. The number of carbonyl (C=O) groups is 2. The SMILES string of the molecule is CCOC(=O)N1CCC(N2CCC3(CC2)C[C@H](NC(C)=O)c2ccccc23)CC1.[HH]. The van der Waals surface area contributed by atoms with Crippen LogP contribution in [0.5, 0.6) is 0 Å². The van der Waals surface area contributed by atoms with Gasteiger partial charge >= 0.3 is 6.09 Å². The van der Waals surface area contributed by atoms with E-state index in [4.69, 9.17) is 4.74 Å². The summed E-state index contributed by atoms with van der Waals surface area (Å²) >= 11 is 0. The number of fused-ring (bicyclic) bond motifs is 2. The highest BCUT2D eigenvalue weighted by molar-refractivity contribution is 5.74. The summed E-state index contributed by atoms with van der Waals surface area (Å²) in [7, 11) is 0. The van der Waals surface area contributed by atoms with Crippen molar-refractivity contribution in [1.29, 1.82) is 0 Å². The second kappa shape index (κ2) is 8.34. The average Bonchev–Trinajstić information content (AvgIpc) is 3.02. The van der Waals surface area contributed by atoms with E-state index >= 15 is 0 Å². The Hall–Kier alpha value is -2.08. The average molecular weight is 402 g/mol. The van der Waals surface area contributed by atoms with Gasteiger partial charge in [0.2, 0.25) is 5.91 Å². The lowest BCUT2D eigenvalue weighted by molar-refractivity contribution is -0.119. The maximum atomic E-state index is 11.9. The van der Waals surface area contributed by atoms with Crippen LogP contribution < -0.4 is 5.32 Å². The molecule has 4 rings (SSSR count). The van der Waals surface area contributed by atoms with E-state index in [-0.39, 0.29) is 24.9 Å². The Morgan fingerprint density at radius 3 is 2.52 bits per heavy atom. The quantitative estimate of drug-likeness (QED) is 0.842. The largest absolute Gasteiger partial charge is 0.450 e. The predicted molar refractivity (Wildman–Crippen MR) is 114 cm³/mol. The van der Waals surface area contributed by atoms with E-state index in [0.717, 1.165) is 58.3 Å². The molecule has 160 valence electrons. The molecule has 1 spiro atoms. The molecule has 2 saturated heterocycles. The number of hydrogen-bond acceptors (Lipinski definition) is 4. The first kappa shape index (κ1) is 20.2. The first-order chi connectivity index (χ1) is 14.0. The van der Waals surface area contributed by atoms with Gasteiger partial charge in [0.1, 0.15) is 0 Å². The van der Waals surface area contributed by atoms with Crippen molar-refractivity contribution >= 4 is 12.0 Å². The van der Waals surface area contributed by atoms with Gasteiger partial charge in [-0.2, -0.15) is 0 Å². The van der Waals surface area contributed by atoms with Crippen LogP contribution in [0, 0.1) is 0 Å². The standard InChI is InChI=1S/C23H33N3O3.H2/c1-3-29-22(28)26-12-8-18(9-13-26)25-14-10-23(11-15-25)16-21(24-17(2)27)19-6-4-5-7-20(19)23;/h4-7,18,21H,3,8-16H2,1-2H3,(H,24,27);1H/t21-;/m0./s1. The molecule has 2 heterocycles. The molecule has 1 N–H and O–H groups in total. The van der Waals surface area contributed by atoms with Crippen molar-refractivity contribution in [3.8, 4) is 0 Å². The summed E-state index contributed by atoms with van der Waals surface area (Å²) in [6.07, 6.45) is 5.17. The molecule has 1 aliphatic carbocycles. The Morgan fingerprint density at radius 1 is 1.17 bits per heavy atom. The molecule has 1 atom stereocenters. The zero-order valence-corrected chi connectivity index (χ0v) is 17.7. The van der Waals surface area contributed by atoms with Crippen molar-refractivity contribution in [1.82, 2.24) is 15.1 Å². The summed E-state index contributed by atoms with van der Waals surface area (Å²) in [5, 5.41) is 3.17. The van der Waals surface area contributed by atoms with Crippen molar-refractivity contribution in [2.45, 2.75) is 63.5 Å². The van der Waals surface area contributed by atoms with E-state index in [0.29, 0.717) is 12.6 Å². The highest BCUT2D eigenvalue weighted by Gasteiger charge is 2.46. The lowest BCUT2D eigenvalue weighted by Crippen LogP contribution is -2.51. The summed E-state index contributed by atoms with van der Waals surface area (Å²) in [5.74, 6) is 0.0487. The molecule has 0 aromatic heterocycles. The van der Waals surface area contributed by atoms with Gasteiger partial charge < -0.3 is 19.9 Å². The van der Waals surface area contributed by atoms with Gasteiger partial charge in [-0.05, 0) is 63.2 Å². The van der Waals surface area contributed by atoms with Gasteiger partial charge in [-0.25, -0.2) is 4.79 Å². The van der Waals surface area contributed by atoms with Gasteiger partial charge in [0, 0.05) is 32.9 Å². The van der Waals surface area contributed by atoms with Crippen molar-refractivity contribution in [3.05, 3.63) is 35.4 Å². The van der Waals surface area contributed by atoms with Crippen LogP contribution >= 0.6 is 0 Å². The molecule has 0 unspecified atom stereocenters. The van der Waals surface area contributed by atoms with Gasteiger partial charge in [0.05, 0.1) is 12.6 Å². The van der Waals surface area contributed by atoms with Gasteiger partial charge in [-0.1, -0.05) is 24.3 Å². The second-order valence-electron chi connectivity index (χ2n) is 8.78. The molecule has 6 nitrogen and oxygen atoms in total. The lowest BCUT2D eigenvalue weighted by atomic mass is 9.73. The second-order valence-corrected chi connectivity index (χ2v) is 8.78. The molecule has 0 bridgehead atoms. The Labute approximate surface area is 175 Å². The fraction of sp³-hybridized carbons (Fsp3) is 0.652. The maximum absolute atomic E-state index is 11.9. The van der Waals surface area contributed by atoms with E-state index in [1.165, 1.54) is 11.1 Å². The zero-order chi connectivity index (χ0) is 20.4. The lowest BCUT2D eigenvalue weighted by Gasteiger charge is -2.45. The highest BCUT2D eigenvalue weighted by Crippen LogP contribution is 2.51. The third-order valence-corrected chi connectivity index (χ3v) is 7.14. The highest BCUT2D eigenvalue weighted by atomic mass is 16.6. The number of piperidine rings is 2. The molecule has 3 aliphatic rings. The first-order valence-corrected chi connectivity index (χ1v) is 11.0. The van der Waals surface area contributed by atoms with Crippen LogP contribution in [-0.2, 0) is 14.9 Å². The number of nitrogens with one attached hydrogen (secondary N) is 1. The molecule has 1 aromatic rings. The predicted octanol–water partition coefficient (Wildman–Crippen LogP) is 3.47. The van der Waals surface area contributed by atoms with Crippen LogP contribution in [0.1, 0.15) is 64.5 Å². The summed E-state index contributed by atoms with van der Waals surface area (Å²) < 4.78 is 5.14. The van der Waals surface area contributed by atoms with Crippen molar-refractivity contribution < 1.29 is 15.8 Å². The Bertz CT molecular complexity index is 756. The van der Waals surface area contributed by atoms with Crippen molar-refractivity contribution in [3.63, 3.8) is 0 Å². The minimum absolute atomic E-state index is 0. The first-order valence-electron chi connectivity index (χ1n) is 11.0. The molecule has 2 fully saturated rings. The maximum Gasteiger partial charge on any atom is 0.409 e. The fourth-order valence-electron chi connectivity index (χ4n) is 5.69. The van der Waals surface area contributed by atoms with Gasteiger partial charge in [0.25, 0.3) is 0 Å². The minimum Gasteiger partial charge on any atom is -0.450 e. The van der Waals surface area contributed by atoms with E-state index < -0.39 is 0 Å². The molecule has 0 saturated carbocycles. The number of benzene rings is 1. The van der Waals surface area contributed by atoms with Crippen LogP contribution in [0.3, 0.4) is 0 Å². The summed E-state index contributed by atoms with van der Waals surface area (Å²) in [6, 6.07) is 9.36. The molecule has 1 aromatic carbocycles. The van der Waals surface area contributed by atoms with E-state index in [1.807, 2.05) is 11.8 Å². The smallest absolute Gasteiger partial charge is 0.409 e. The number of likely N-dealkylation sites (tertiary alicyclic amines) is 2. The van der Waals surface area contributed by atoms with Crippen molar-refractivity contribution in [2.75, 3.05) is 32.8 Å². The van der Waals surface area contributed by atoms with Crippen molar-refractivity contribution in [2.24, 2.45) is 0 Å². The number of hydrogen-bond donors (Lipinski definition) is 1. The minimum atomic E-state index is -0.171. The van der Waals surface area contributed by atoms with Gasteiger partial charge in [-0.3, -0.25) is 4.79 Å². The Morgan fingerprint density at radius 2 is 1.86 bits per heavy atom. The molecular weight excluding hydrogens is 366 g/mol. The zero-order valence-electron chi connectivity index (χ0n) is 17.7. The van der Waals surface area contributed by atoms with E-state index in [1.54, 1.807) is 6.92 Å². The third-order valence-electron chi connectivity index (χ3n) is 7.14. The van der Waals surface area contributed by atoms with Crippen LogP contribution in [0.2, 0.25) is 0 Å². The molecular formula is C23H35N3O3. The van der Waals surface area contributed by atoms with Crippen LogP contribution in [0.4, 0.5) is 4.79 Å². The molecule has 2 amide bonds. The normalized spacial score (nSPS) is 24.3. The van der Waals surface area contributed by atoms with E-state index in [2.05, 4.69) is 34.5 Å². The summed E-state index contributed by atoms with van der Waals surface area (Å²) in [6.45, 7) is 7.66. The molecule has 6 heteroatoms. The van der Waals surface area contributed by atoms with Crippen LogP contribution in [0.15, 0.2) is 24.3 Å². The summed E-state index contributed by atoms with van der Waals surface area (Å²) in [4.78, 5) is 28.1. The summed E-state index contributed by atoms with van der Waals surface area (Å²) in [5.41, 5.74) is 2.93. The van der Waals surface area contributed by atoms with Crippen LogP contribution in [0.25, 0.3) is 0 Å². The number of rotatable bonds is 3. The topological polar surface area (TPSA) is 61.9 Å². The number of nitrogens with zero attached hydrogens (tertiary/aromatic N) is 2. The van der Waals surface area contributed by atoms with Gasteiger partial charge in [0.15, 0.2) is 0 Å². The number of ether oxygens (including phenoxy) is 1. The molecule has 2 aliphatic heterocycles. The Kier molecular flexibility index (Phi) is 5.81. The van der Waals surface area contributed by atoms with Gasteiger partial charge in [-0.15, -0.1) is 0 Å². The molecule has 29 heavy (non-hydrogen) atoms. The Balaban J connectivity index is 0.00000256. The fourth-order valence-corrected chi connectivity index (χ4v) is 5.69. The van der Waals surface area contributed by atoms with Crippen LogP contribution in [-0.4, -0.2) is 60.6 Å². The number of carbonyl (C=O) groups excluding carboxylic acids is 2. The third kappa shape index (κ3) is 4.00. The number of amides is 2. The molecule has 0 radical (unpaired) electrons.